The van der Waals surface area contributed by atoms with Gasteiger partial charge < -0.3 is 10.4 Å². The SMILES string of the molecule is CC(C)c1ccc(CCCC(=O)NC2(C(=O)O)CCC2)cc1. The fraction of sp³-hybridized carbons (Fsp3) is 0.556. The maximum Gasteiger partial charge on any atom is 0.329 e. The van der Waals surface area contributed by atoms with Crippen molar-refractivity contribution >= 4 is 11.9 Å². The van der Waals surface area contributed by atoms with E-state index in [1.54, 1.807) is 0 Å². The number of carbonyl (C=O) groups excluding carboxylic acids is 1. The summed E-state index contributed by atoms with van der Waals surface area (Å²) in [5, 5.41) is 11.9. The summed E-state index contributed by atoms with van der Waals surface area (Å²) in [7, 11) is 0. The van der Waals surface area contributed by atoms with E-state index in [1.807, 2.05) is 0 Å². The van der Waals surface area contributed by atoms with Crippen molar-refractivity contribution in [2.75, 3.05) is 0 Å². The highest BCUT2D eigenvalue weighted by molar-refractivity contribution is 5.87. The first-order valence-electron chi connectivity index (χ1n) is 8.06. The Morgan fingerprint density at radius 3 is 2.32 bits per heavy atom. The largest absolute Gasteiger partial charge is 0.480 e. The second kappa shape index (κ2) is 6.95. The zero-order valence-corrected chi connectivity index (χ0v) is 13.4. The average Bonchev–Trinajstić information content (AvgIpc) is 2.43. The number of hydrogen-bond donors (Lipinski definition) is 2. The zero-order chi connectivity index (χ0) is 16.2. The number of carbonyl (C=O) groups is 2. The third-order valence-corrected chi connectivity index (χ3v) is 4.51. The monoisotopic (exact) mass is 303 g/mol. The summed E-state index contributed by atoms with van der Waals surface area (Å²) in [6.07, 6.45) is 3.92. The third kappa shape index (κ3) is 3.87. The van der Waals surface area contributed by atoms with Crippen LogP contribution in [-0.4, -0.2) is 22.5 Å². The number of aryl methyl sites for hydroxylation is 1. The summed E-state index contributed by atoms with van der Waals surface area (Å²) < 4.78 is 0. The molecule has 0 bridgehead atoms. The van der Waals surface area contributed by atoms with Crippen molar-refractivity contribution < 1.29 is 14.7 Å². The standard InChI is InChI=1S/C18H25NO3/c1-13(2)15-9-7-14(8-10-15)5-3-6-16(20)19-18(17(21)22)11-4-12-18/h7-10,13H,3-6,11-12H2,1-2H3,(H,19,20)(H,21,22). The summed E-state index contributed by atoms with van der Waals surface area (Å²) in [6, 6.07) is 8.48. The Kier molecular flexibility index (Phi) is 5.22. The number of hydrogen-bond acceptors (Lipinski definition) is 2. The van der Waals surface area contributed by atoms with E-state index in [1.165, 1.54) is 11.1 Å². The maximum absolute atomic E-state index is 11.9. The van der Waals surface area contributed by atoms with Gasteiger partial charge in [0.15, 0.2) is 0 Å². The molecule has 1 aromatic rings. The molecule has 1 aliphatic rings. The van der Waals surface area contributed by atoms with E-state index in [9.17, 15) is 14.7 Å². The van der Waals surface area contributed by atoms with E-state index in [2.05, 4.69) is 43.4 Å². The van der Waals surface area contributed by atoms with E-state index >= 15 is 0 Å². The van der Waals surface area contributed by atoms with Crippen molar-refractivity contribution in [3.05, 3.63) is 35.4 Å². The minimum absolute atomic E-state index is 0.152. The Hall–Kier alpha value is -1.84. The van der Waals surface area contributed by atoms with Gasteiger partial charge in [0, 0.05) is 6.42 Å². The molecule has 1 saturated carbocycles. The summed E-state index contributed by atoms with van der Waals surface area (Å²) in [5.74, 6) is -0.535. The van der Waals surface area contributed by atoms with E-state index in [0.29, 0.717) is 25.2 Å². The van der Waals surface area contributed by atoms with Crippen molar-refractivity contribution in [1.82, 2.24) is 5.32 Å². The van der Waals surface area contributed by atoms with Crippen LogP contribution in [0, 0.1) is 0 Å². The number of carboxylic acid groups (broad SMARTS) is 1. The molecule has 2 N–H and O–H groups in total. The lowest BCUT2D eigenvalue weighted by molar-refractivity contribution is -0.151. The molecule has 0 heterocycles. The molecule has 1 amide bonds. The molecule has 0 spiro atoms. The van der Waals surface area contributed by atoms with Crippen molar-refractivity contribution in [2.45, 2.75) is 63.8 Å². The molecule has 22 heavy (non-hydrogen) atoms. The van der Waals surface area contributed by atoms with Crippen LogP contribution in [0.15, 0.2) is 24.3 Å². The summed E-state index contributed by atoms with van der Waals surface area (Å²) in [6.45, 7) is 4.33. The molecule has 0 saturated heterocycles. The maximum atomic E-state index is 11.9. The third-order valence-electron chi connectivity index (χ3n) is 4.51. The van der Waals surface area contributed by atoms with Gasteiger partial charge in [0.25, 0.3) is 0 Å². The first kappa shape index (κ1) is 16.5. The fourth-order valence-corrected chi connectivity index (χ4v) is 2.77. The zero-order valence-electron chi connectivity index (χ0n) is 13.4. The molecule has 1 aromatic carbocycles. The Balaban J connectivity index is 1.76. The Labute approximate surface area is 131 Å². The molecular formula is C18H25NO3. The lowest BCUT2D eigenvalue weighted by Crippen LogP contribution is -2.59. The molecule has 4 heteroatoms. The first-order chi connectivity index (χ1) is 10.4. The van der Waals surface area contributed by atoms with Crippen LogP contribution in [0.2, 0.25) is 0 Å². The van der Waals surface area contributed by atoms with Gasteiger partial charge in [0.1, 0.15) is 5.54 Å². The lowest BCUT2D eigenvalue weighted by Gasteiger charge is -2.38. The smallest absolute Gasteiger partial charge is 0.329 e. The molecule has 0 atom stereocenters. The Bertz CT molecular complexity index is 530. The van der Waals surface area contributed by atoms with Crippen LogP contribution >= 0.6 is 0 Å². The van der Waals surface area contributed by atoms with Crippen LogP contribution in [0.25, 0.3) is 0 Å². The number of aliphatic carboxylic acids is 1. The van der Waals surface area contributed by atoms with Gasteiger partial charge >= 0.3 is 5.97 Å². The van der Waals surface area contributed by atoms with Crippen molar-refractivity contribution in [3.63, 3.8) is 0 Å². The number of amides is 1. The molecule has 0 aliphatic heterocycles. The topological polar surface area (TPSA) is 66.4 Å². The molecule has 1 fully saturated rings. The second-order valence-corrected chi connectivity index (χ2v) is 6.54. The molecule has 120 valence electrons. The van der Waals surface area contributed by atoms with Crippen LogP contribution in [0.4, 0.5) is 0 Å². The Morgan fingerprint density at radius 1 is 1.23 bits per heavy atom. The van der Waals surface area contributed by atoms with Crippen LogP contribution in [0.1, 0.15) is 63.0 Å². The fourth-order valence-electron chi connectivity index (χ4n) is 2.77. The van der Waals surface area contributed by atoms with E-state index in [-0.39, 0.29) is 5.91 Å². The van der Waals surface area contributed by atoms with Gasteiger partial charge in [-0.15, -0.1) is 0 Å². The van der Waals surface area contributed by atoms with Gasteiger partial charge in [0.05, 0.1) is 0 Å². The number of carboxylic acids is 1. The van der Waals surface area contributed by atoms with E-state index in [0.717, 1.165) is 19.3 Å². The highest BCUT2D eigenvalue weighted by atomic mass is 16.4. The minimum Gasteiger partial charge on any atom is -0.480 e. The van der Waals surface area contributed by atoms with Gasteiger partial charge in [-0.25, -0.2) is 4.79 Å². The summed E-state index contributed by atoms with van der Waals surface area (Å²) in [4.78, 5) is 23.1. The summed E-state index contributed by atoms with van der Waals surface area (Å²) >= 11 is 0. The predicted octanol–water partition coefficient (Wildman–Crippen LogP) is 3.26. The predicted molar refractivity (Wildman–Crippen MR) is 85.8 cm³/mol. The van der Waals surface area contributed by atoms with Crippen molar-refractivity contribution in [2.24, 2.45) is 0 Å². The highest BCUT2D eigenvalue weighted by Gasteiger charge is 2.45. The molecule has 0 unspecified atom stereocenters. The van der Waals surface area contributed by atoms with E-state index < -0.39 is 11.5 Å². The van der Waals surface area contributed by atoms with Crippen LogP contribution in [0.3, 0.4) is 0 Å². The van der Waals surface area contributed by atoms with Crippen molar-refractivity contribution in [1.29, 1.82) is 0 Å². The first-order valence-corrected chi connectivity index (χ1v) is 8.06. The van der Waals surface area contributed by atoms with Crippen LogP contribution < -0.4 is 5.32 Å². The highest BCUT2D eigenvalue weighted by Crippen LogP contribution is 2.32. The molecule has 4 nitrogen and oxygen atoms in total. The summed E-state index contributed by atoms with van der Waals surface area (Å²) in [5.41, 5.74) is 1.54. The molecule has 0 aromatic heterocycles. The van der Waals surface area contributed by atoms with Gasteiger partial charge in [-0.05, 0) is 49.1 Å². The molecule has 2 rings (SSSR count). The van der Waals surface area contributed by atoms with Crippen LogP contribution in [0.5, 0.6) is 0 Å². The van der Waals surface area contributed by atoms with Gasteiger partial charge in [0.2, 0.25) is 5.91 Å². The lowest BCUT2D eigenvalue weighted by atomic mass is 9.76. The van der Waals surface area contributed by atoms with E-state index in [4.69, 9.17) is 0 Å². The normalized spacial score (nSPS) is 16.1. The van der Waals surface area contributed by atoms with Gasteiger partial charge in [-0.3, -0.25) is 4.79 Å². The quantitative estimate of drug-likeness (QED) is 0.812. The van der Waals surface area contributed by atoms with Gasteiger partial charge in [-0.1, -0.05) is 38.1 Å². The molecule has 0 radical (unpaired) electrons. The van der Waals surface area contributed by atoms with Gasteiger partial charge in [-0.2, -0.15) is 0 Å². The number of benzene rings is 1. The minimum atomic E-state index is -0.990. The second-order valence-electron chi connectivity index (χ2n) is 6.54. The van der Waals surface area contributed by atoms with Crippen molar-refractivity contribution in [3.8, 4) is 0 Å². The number of nitrogens with one attached hydrogen (secondary N) is 1. The van der Waals surface area contributed by atoms with Crippen LogP contribution in [-0.2, 0) is 16.0 Å². The molecular weight excluding hydrogens is 278 g/mol. The Morgan fingerprint density at radius 2 is 1.86 bits per heavy atom. The molecule has 1 aliphatic carbocycles. The average molecular weight is 303 g/mol. The number of rotatable bonds is 7.